The van der Waals surface area contributed by atoms with Gasteiger partial charge in [-0.25, -0.2) is 4.79 Å². The fourth-order valence-corrected chi connectivity index (χ4v) is 2.24. The Kier molecular flexibility index (Phi) is 6.35. The van der Waals surface area contributed by atoms with Crippen molar-refractivity contribution in [2.24, 2.45) is 0 Å². The van der Waals surface area contributed by atoms with Crippen molar-refractivity contribution in [1.82, 2.24) is 9.55 Å². The Hall–Kier alpha value is -1.72. The Balaban J connectivity index is 2.77. The topological polar surface area (TPSA) is 92.9 Å². The molecule has 0 saturated carbocycles. The molecular weight excluding hydrogens is 256 g/mol. The van der Waals surface area contributed by atoms with Gasteiger partial charge in [0.05, 0.1) is 0 Å². The maximum atomic E-state index is 11.8. The standard InChI is InChI=1S/C14H26N4O2/c1-4-6-7-8-9-10(3)16-11-12(15)18(5-2)14(20)17-13(11)19/h10,16H,4-9,15H2,1-3H3,(H,17,19,20). The summed E-state index contributed by atoms with van der Waals surface area (Å²) in [5, 5.41) is 3.13. The molecule has 1 unspecified atom stereocenters. The van der Waals surface area contributed by atoms with E-state index >= 15 is 0 Å². The Morgan fingerprint density at radius 2 is 1.95 bits per heavy atom. The highest BCUT2D eigenvalue weighted by atomic mass is 16.2. The number of anilines is 2. The molecular formula is C14H26N4O2. The third kappa shape index (κ3) is 4.15. The summed E-state index contributed by atoms with van der Waals surface area (Å²) >= 11 is 0. The minimum Gasteiger partial charge on any atom is -0.383 e. The molecule has 0 aliphatic carbocycles. The number of nitrogens with one attached hydrogen (secondary N) is 2. The fraction of sp³-hybridized carbons (Fsp3) is 0.714. The van der Waals surface area contributed by atoms with Crippen LogP contribution >= 0.6 is 0 Å². The summed E-state index contributed by atoms with van der Waals surface area (Å²) in [6.45, 7) is 6.44. The number of H-pyrrole nitrogens is 1. The molecule has 0 radical (unpaired) electrons. The van der Waals surface area contributed by atoms with E-state index in [9.17, 15) is 9.59 Å². The van der Waals surface area contributed by atoms with Crippen LogP contribution in [0.25, 0.3) is 0 Å². The Morgan fingerprint density at radius 3 is 2.55 bits per heavy atom. The number of nitrogen functional groups attached to an aromatic ring is 1. The van der Waals surface area contributed by atoms with Crippen LogP contribution in [-0.2, 0) is 6.54 Å². The zero-order chi connectivity index (χ0) is 15.1. The summed E-state index contributed by atoms with van der Waals surface area (Å²) in [5.74, 6) is 0.210. The van der Waals surface area contributed by atoms with E-state index in [0.717, 1.165) is 12.8 Å². The second-order valence-electron chi connectivity index (χ2n) is 5.16. The molecule has 1 aromatic rings. The number of hydrogen-bond acceptors (Lipinski definition) is 4. The van der Waals surface area contributed by atoms with Gasteiger partial charge >= 0.3 is 5.69 Å². The molecule has 6 nitrogen and oxygen atoms in total. The van der Waals surface area contributed by atoms with Crippen LogP contribution in [0.15, 0.2) is 9.59 Å². The van der Waals surface area contributed by atoms with E-state index < -0.39 is 11.2 Å². The minimum atomic E-state index is -0.462. The lowest BCUT2D eigenvalue weighted by molar-refractivity contribution is 0.592. The molecule has 1 heterocycles. The summed E-state index contributed by atoms with van der Waals surface area (Å²) in [6, 6.07) is 0.151. The molecule has 1 atom stereocenters. The highest BCUT2D eigenvalue weighted by molar-refractivity contribution is 5.60. The Labute approximate surface area is 119 Å². The van der Waals surface area contributed by atoms with Gasteiger partial charge in [-0.15, -0.1) is 0 Å². The zero-order valence-electron chi connectivity index (χ0n) is 12.7. The van der Waals surface area contributed by atoms with E-state index in [1.54, 1.807) is 0 Å². The fourth-order valence-electron chi connectivity index (χ4n) is 2.24. The van der Waals surface area contributed by atoms with Crippen molar-refractivity contribution in [3.63, 3.8) is 0 Å². The molecule has 1 rings (SSSR count). The maximum Gasteiger partial charge on any atom is 0.330 e. The van der Waals surface area contributed by atoms with Gasteiger partial charge < -0.3 is 11.1 Å². The average Bonchev–Trinajstić information content (AvgIpc) is 2.40. The molecule has 6 heteroatoms. The SMILES string of the molecule is CCCCCCC(C)Nc1c(N)n(CC)c(=O)[nH]c1=O. The van der Waals surface area contributed by atoms with Gasteiger partial charge in [0.1, 0.15) is 11.5 Å². The summed E-state index contributed by atoms with van der Waals surface area (Å²) < 4.78 is 1.35. The number of rotatable bonds is 8. The monoisotopic (exact) mass is 282 g/mol. The molecule has 0 bridgehead atoms. The van der Waals surface area contributed by atoms with E-state index in [1.807, 2.05) is 13.8 Å². The third-order valence-electron chi connectivity index (χ3n) is 3.44. The lowest BCUT2D eigenvalue weighted by Crippen LogP contribution is -2.35. The summed E-state index contributed by atoms with van der Waals surface area (Å²) in [6.07, 6.45) is 5.73. The molecule has 0 amide bonds. The number of aromatic nitrogens is 2. The smallest absolute Gasteiger partial charge is 0.330 e. The first kappa shape index (κ1) is 16.3. The van der Waals surface area contributed by atoms with Crippen molar-refractivity contribution >= 4 is 11.5 Å². The first-order valence-corrected chi connectivity index (χ1v) is 7.40. The summed E-state index contributed by atoms with van der Waals surface area (Å²) in [4.78, 5) is 25.7. The second kappa shape index (κ2) is 7.77. The van der Waals surface area contributed by atoms with E-state index in [1.165, 1.54) is 23.8 Å². The van der Waals surface area contributed by atoms with Gasteiger partial charge in [-0.2, -0.15) is 0 Å². The van der Waals surface area contributed by atoms with Gasteiger partial charge in [-0.3, -0.25) is 14.3 Å². The number of unbranched alkanes of at least 4 members (excludes halogenated alkanes) is 3. The van der Waals surface area contributed by atoms with Crippen molar-refractivity contribution in [2.45, 2.75) is 65.5 Å². The predicted octanol–water partition coefficient (Wildman–Crippen LogP) is 1.91. The van der Waals surface area contributed by atoms with Crippen LogP contribution in [0.5, 0.6) is 0 Å². The molecule has 0 saturated heterocycles. The quantitative estimate of drug-likeness (QED) is 0.635. The van der Waals surface area contributed by atoms with Crippen molar-refractivity contribution in [3.8, 4) is 0 Å². The van der Waals surface area contributed by atoms with Crippen molar-refractivity contribution in [1.29, 1.82) is 0 Å². The van der Waals surface area contributed by atoms with Gasteiger partial charge in [0.2, 0.25) is 0 Å². The predicted molar refractivity (Wildman–Crippen MR) is 83.3 cm³/mol. The lowest BCUT2D eigenvalue weighted by Gasteiger charge is -2.17. The van der Waals surface area contributed by atoms with Crippen LogP contribution in [0.4, 0.5) is 11.5 Å². The van der Waals surface area contributed by atoms with Crippen LogP contribution in [0.2, 0.25) is 0 Å². The van der Waals surface area contributed by atoms with Crippen LogP contribution in [0, 0.1) is 0 Å². The van der Waals surface area contributed by atoms with Crippen molar-refractivity contribution in [3.05, 3.63) is 20.8 Å². The molecule has 20 heavy (non-hydrogen) atoms. The zero-order valence-corrected chi connectivity index (χ0v) is 12.7. The molecule has 4 N–H and O–H groups in total. The van der Waals surface area contributed by atoms with Crippen molar-refractivity contribution < 1.29 is 0 Å². The first-order chi connectivity index (χ1) is 9.51. The first-order valence-electron chi connectivity index (χ1n) is 7.40. The number of hydrogen-bond donors (Lipinski definition) is 3. The second-order valence-corrected chi connectivity index (χ2v) is 5.16. The molecule has 0 fully saturated rings. The van der Waals surface area contributed by atoms with Crippen molar-refractivity contribution in [2.75, 3.05) is 11.1 Å². The molecule has 0 aliphatic heterocycles. The van der Waals surface area contributed by atoms with Crippen LogP contribution in [0.3, 0.4) is 0 Å². The molecule has 114 valence electrons. The van der Waals surface area contributed by atoms with E-state index in [2.05, 4.69) is 17.2 Å². The summed E-state index contributed by atoms with van der Waals surface area (Å²) in [5.41, 5.74) is 5.29. The Bertz CT molecular complexity index is 533. The number of aromatic amines is 1. The number of nitrogens with zero attached hydrogens (tertiary/aromatic N) is 1. The van der Waals surface area contributed by atoms with Gasteiger partial charge in [-0.1, -0.05) is 32.6 Å². The summed E-state index contributed by atoms with van der Waals surface area (Å²) in [7, 11) is 0. The van der Waals surface area contributed by atoms with Crippen LogP contribution < -0.4 is 22.3 Å². The molecule has 0 aromatic carbocycles. The van der Waals surface area contributed by atoms with Gasteiger partial charge in [0, 0.05) is 12.6 Å². The largest absolute Gasteiger partial charge is 0.383 e. The average molecular weight is 282 g/mol. The van der Waals surface area contributed by atoms with Crippen LogP contribution in [0.1, 0.15) is 52.9 Å². The van der Waals surface area contributed by atoms with E-state index in [-0.39, 0.29) is 11.9 Å². The highest BCUT2D eigenvalue weighted by Crippen LogP contribution is 2.14. The Morgan fingerprint density at radius 1 is 1.25 bits per heavy atom. The van der Waals surface area contributed by atoms with Crippen LogP contribution in [-0.4, -0.2) is 15.6 Å². The highest BCUT2D eigenvalue weighted by Gasteiger charge is 2.13. The molecule has 1 aromatic heterocycles. The van der Waals surface area contributed by atoms with Gasteiger partial charge in [-0.05, 0) is 20.3 Å². The van der Waals surface area contributed by atoms with Gasteiger partial charge in [0.15, 0.2) is 0 Å². The molecule has 0 aliphatic rings. The minimum absolute atomic E-state index is 0.151. The van der Waals surface area contributed by atoms with E-state index in [0.29, 0.717) is 12.2 Å². The lowest BCUT2D eigenvalue weighted by atomic mass is 10.1. The van der Waals surface area contributed by atoms with Gasteiger partial charge in [0.25, 0.3) is 5.56 Å². The maximum absolute atomic E-state index is 11.8. The third-order valence-corrected chi connectivity index (χ3v) is 3.44. The molecule has 0 spiro atoms. The normalized spacial score (nSPS) is 12.3. The van der Waals surface area contributed by atoms with E-state index in [4.69, 9.17) is 5.73 Å². The number of nitrogens with two attached hydrogens (primary N) is 1.